The van der Waals surface area contributed by atoms with Crippen LogP contribution in [0, 0.1) is 0 Å². The van der Waals surface area contributed by atoms with E-state index < -0.39 is 0 Å². The van der Waals surface area contributed by atoms with Crippen LogP contribution in [0.25, 0.3) is 0 Å². The Morgan fingerprint density at radius 1 is 1.36 bits per heavy atom. The number of esters is 1. The van der Waals surface area contributed by atoms with E-state index in [4.69, 9.17) is 9.84 Å². The molecule has 1 aromatic carbocycles. The SMILES string of the molecule is CCCC(=O)Oc1ccc(CO)cc1. The predicted molar refractivity (Wildman–Crippen MR) is 52.9 cm³/mol. The molecule has 0 aliphatic heterocycles. The van der Waals surface area contributed by atoms with Gasteiger partial charge >= 0.3 is 5.97 Å². The van der Waals surface area contributed by atoms with Gasteiger partial charge in [0.05, 0.1) is 6.61 Å². The lowest BCUT2D eigenvalue weighted by Crippen LogP contribution is -2.06. The molecule has 0 amide bonds. The third-order valence-electron chi connectivity index (χ3n) is 1.79. The van der Waals surface area contributed by atoms with Gasteiger partial charge in [0, 0.05) is 6.42 Å². The lowest BCUT2D eigenvalue weighted by molar-refractivity contribution is -0.134. The molecule has 0 radical (unpaired) electrons. The number of carbonyl (C=O) groups is 1. The molecule has 76 valence electrons. The summed E-state index contributed by atoms with van der Waals surface area (Å²) < 4.78 is 5.03. The van der Waals surface area contributed by atoms with Crippen LogP contribution in [0.15, 0.2) is 24.3 Å². The van der Waals surface area contributed by atoms with Gasteiger partial charge in [0.15, 0.2) is 0 Å². The number of rotatable bonds is 4. The Bertz CT molecular complexity index is 290. The number of ether oxygens (including phenoxy) is 1. The molecule has 0 atom stereocenters. The van der Waals surface area contributed by atoms with E-state index in [1.165, 1.54) is 0 Å². The Labute approximate surface area is 83.3 Å². The molecule has 0 aliphatic rings. The van der Waals surface area contributed by atoms with Gasteiger partial charge in [0.2, 0.25) is 0 Å². The average Bonchev–Trinajstić information content (AvgIpc) is 2.19. The van der Waals surface area contributed by atoms with E-state index >= 15 is 0 Å². The zero-order chi connectivity index (χ0) is 10.4. The van der Waals surface area contributed by atoms with Gasteiger partial charge in [0.1, 0.15) is 5.75 Å². The number of aliphatic hydroxyl groups is 1. The largest absolute Gasteiger partial charge is 0.427 e. The fourth-order valence-electron chi connectivity index (χ4n) is 1.05. The number of hydrogen-bond acceptors (Lipinski definition) is 3. The normalized spacial score (nSPS) is 9.86. The molecule has 3 nitrogen and oxygen atoms in total. The smallest absolute Gasteiger partial charge is 0.311 e. The van der Waals surface area contributed by atoms with Crippen LogP contribution in [0.3, 0.4) is 0 Å². The molecule has 1 rings (SSSR count). The first kappa shape index (κ1) is 10.7. The fourth-order valence-corrected chi connectivity index (χ4v) is 1.05. The molecule has 0 aliphatic carbocycles. The maximum absolute atomic E-state index is 11.1. The summed E-state index contributed by atoms with van der Waals surface area (Å²) in [6, 6.07) is 6.82. The molecule has 3 heteroatoms. The van der Waals surface area contributed by atoms with Crippen LogP contribution in [-0.2, 0) is 11.4 Å². The maximum Gasteiger partial charge on any atom is 0.311 e. The summed E-state index contributed by atoms with van der Waals surface area (Å²) in [5.41, 5.74) is 0.806. The van der Waals surface area contributed by atoms with E-state index in [-0.39, 0.29) is 12.6 Å². The first-order chi connectivity index (χ1) is 6.76. The molecule has 0 spiro atoms. The third-order valence-corrected chi connectivity index (χ3v) is 1.79. The maximum atomic E-state index is 11.1. The minimum absolute atomic E-state index is 0.00316. The van der Waals surface area contributed by atoms with Crippen LogP contribution in [0.2, 0.25) is 0 Å². The van der Waals surface area contributed by atoms with Crippen molar-refractivity contribution in [3.05, 3.63) is 29.8 Å². The van der Waals surface area contributed by atoms with Gasteiger partial charge in [-0.25, -0.2) is 0 Å². The van der Waals surface area contributed by atoms with Crippen LogP contribution in [0.4, 0.5) is 0 Å². The van der Waals surface area contributed by atoms with Gasteiger partial charge in [0.25, 0.3) is 0 Å². The molecule has 0 bridgehead atoms. The second-order valence-corrected chi connectivity index (χ2v) is 3.03. The summed E-state index contributed by atoms with van der Waals surface area (Å²) in [6.45, 7) is 1.93. The first-order valence-electron chi connectivity index (χ1n) is 4.66. The predicted octanol–water partition coefficient (Wildman–Crippen LogP) is 1.88. The van der Waals surface area contributed by atoms with E-state index in [1.54, 1.807) is 24.3 Å². The summed E-state index contributed by atoms with van der Waals surface area (Å²) in [4.78, 5) is 11.1. The highest BCUT2D eigenvalue weighted by atomic mass is 16.5. The van der Waals surface area contributed by atoms with E-state index in [9.17, 15) is 4.79 Å². The minimum Gasteiger partial charge on any atom is -0.427 e. The fraction of sp³-hybridized carbons (Fsp3) is 0.364. The quantitative estimate of drug-likeness (QED) is 0.588. The second kappa shape index (κ2) is 5.40. The van der Waals surface area contributed by atoms with Crippen molar-refractivity contribution in [1.82, 2.24) is 0 Å². The van der Waals surface area contributed by atoms with Crippen LogP contribution in [0.1, 0.15) is 25.3 Å². The molecule has 0 saturated heterocycles. The van der Waals surface area contributed by atoms with Crippen molar-refractivity contribution in [2.75, 3.05) is 0 Å². The van der Waals surface area contributed by atoms with Crippen LogP contribution < -0.4 is 4.74 Å². The zero-order valence-corrected chi connectivity index (χ0v) is 8.19. The van der Waals surface area contributed by atoms with E-state index in [0.29, 0.717) is 12.2 Å². The highest BCUT2D eigenvalue weighted by molar-refractivity contribution is 5.72. The summed E-state index contributed by atoms with van der Waals surface area (Å²) in [5, 5.41) is 8.79. The molecule has 0 unspecified atom stereocenters. The van der Waals surface area contributed by atoms with Crippen molar-refractivity contribution < 1.29 is 14.6 Å². The molecule has 1 N–H and O–H groups in total. The average molecular weight is 194 g/mol. The zero-order valence-electron chi connectivity index (χ0n) is 8.19. The van der Waals surface area contributed by atoms with Crippen LogP contribution >= 0.6 is 0 Å². The number of carbonyl (C=O) groups excluding carboxylic acids is 1. The molecule has 0 heterocycles. The van der Waals surface area contributed by atoms with Crippen molar-refractivity contribution in [3.63, 3.8) is 0 Å². The van der Waals surface area contributed by atoms with Crippen molar-refractivity contribution in [1.29, 1.82) is 0 Å². The third kappa shape index (κ3) is 3.18. The summed E-state index contributed by atoms with van der Waals surface area (Å²) >= 11 is 0. The standard InChI is InChI=1S/C11H14O3/c1-2-3-11(13)14-10-6-4-9(8-12)5-7-10/h4-7,12H,2-3,8H2,1H3. The second-order valence-electron chi connectivity index (χ2n) is 3.03. The first-order valence-corrected chi connectivity index (χ1v) is 4.66. The molecule has 0 fully saturated rings. The topological polar surface area (TPSA) is 46.5 Å². The highest BCUT2D eigenvalue weighted by Gasteiger charge is 2.02. The molecular weight excluding hydrogens is 180 g/mol. The molecule has 0 saturated carbocycles. The Morgan fingerprint density at radius 3 is 2.50 bits per heavy atom. The van der Waals surface area contributed by atoms with E-state index in [1.807, 2.05) is 6.92 Å². The molecule has 1 aromatic rings. The van der Waals surface area contributed by atoms with Gasteiger partial charge < -0.3 is 9.84 Å². The Balaban J connectivity index is 2.55. The van der Waals surface area contributed by atoms with Crippen LogP contribution in [-0.4, -0.2) is 11.1 Å². The van der Waals surface area contributed by atoms with E-state index in [0.717, 1.165) is 12.0 Å². The lowest BCUT2D eigenvalue weighted by Gasteiger charge is -2.03. The summed E-state index contributed by atoms with van der Waals surface area (Å²) in [7, 11) is 0. The van der Waals surface area contributed by atoms with Gasteiger partial charge in [-0.3, -0.25) is 4.79 Å². The Morgan fingerprint density at radius 2 is 2.00 bits per heavy atom. The van der Waals surface area contributed by atoms with Crippen molar-refractivity contribution in [2.45, 2.75) is 26.4 Å². The Kier molecular flexibility index (Phi) is 4.13. The van der Waals surface area contributed by atoms with Gasteiger partial charge in [-0.15, -0.1) is 0 Å². The highest BCUT2D eigenvalue weighted by Crippen LogP contribution is 2.12. The van der Waals surface area contributed by atoms with Crippen molar-refractivity contribution in [3.8, 4) is 5.75 Å². The lowest BCUT2D eigenvalue weighted by atomic mass is 10.2. The van der Waals surface area contributed by atoms with Crippen molar-refractivity contribution in [2.24, 2.45) is 0 Å². The number of aliphatic hydroxyl groups excluding tert-OH is 1. The molecular formula is C11H14O3. The summed E-state index contributed by atoms with van der Waals surface area (Å²) in [6.07, 6.45) is 1.22. The van der Waals surface area contributed by atoms with Crippen molar-refractivity contribution >= 4 is 5.97 Å². The monoisotopic (exact) mass is 194 g/mol. The van der Waals surface area contributed by atoms with Gasteiger partial charge in [-0.2, -0.15) is 0 Å². The summed E-state index contributed by atoms with van der Waals surface area (Å²) in [5.74, 6) is 0.310. The minimum atomic E-state index is -0.218. The number of hydrogen-bond donors (Lipinski definition) is 1. The number of benzene rings is 1. The van der Waals surface area contributed by atoms with Gasteiger partial charge in [-0.05, 0) is 24.1 Å². The van der Waals surface area contributed by atoms with E-state index in [2.05, 4.69) is 0 Å². The molecule has 14 heavy (non-hydrogen) atoms. The Hall–Kier alpha value is -1.35. The van der Waals surface area contributed by atoms with Crippen LogP contribution in [0.5, 0.6) is 5.75 Å². The molecule has 0 aromatic heterocycles. The van der Waals surface area contributed by atoms with Gasteiger partial charge in [-0.1, -0.05) is 19.1 Å².